The first-order chi connectivity index (χ1) is 18.0. The summed E-state index contributed by atoms with van der Waals surface area (Å²) in [7, 11) is 0. The van der Waals surface area contributed by atoms with Gasteiger partial charge in [0.1, 0.15) is 11.6 Å². The number of ketones is 2. The highest BCUT2D eigenvalue weighted by atomic mass is 16.1. The van der Waals surface area contributed by atoms with Crippen LogP contribution in [0.3, 0.4) is 0 Å². The highest BCUT2D eigenvalue weighted by Crippen LogP contribution is 2.47. The Hall–Kier alpha value is -4.30. The van der Waals surface area contributed by atoms with Gasteiger partial charge in [-0.05, 0) is 71.0 Å². The quantitative estimate of drug-likeness (QED) is 0.218. The molecular weight excluding hydrogens is 452 g/mol. The van der Waals surface area contributed by atoms with Crippen molar-refractivity contribution in [2.45, 2.75) is 26.7 Å². The van der Waals surface area contributed by atoms with Gasteiger partial charge in [0.15, 0.2) is 0 Å². The minimum atomic E-state index is -0.782. The Labute approximate surface area is 218 Å². The Kier molecular flexibility index (Phi) is 6.83. The monoisotopic (exact) mass is 482 g/mol. The van der Waals surface area contributed by atoms with Crippen LogP contribution >= 0.6 is 0 Å². The maximum atomic E-state index is 13.1. The van der Waals surface area contributed by atoms with Crippen molar-refractivity contribution in [1.82, 2.24) is 0 Å². The van der Waals surface area contributed by atoms with Crippen LogP contribution in [0.4, 0.5) is 0 Å². The third-order valence-electron chi connectivity index (χ3n) is 7.19. The van der Waals surface area contributed by atoms with E-state index in [9.17, 15) is 9.59 Å². The van der Waals surface area contributed by atoms with E-state index in [1.165, 1.54) is 13.8 Å². The van der Waals surface area contributed by atoms with Gasteiger partial charge in [0.25, 0.3) is 0 Å². The number of Topliss-reactive ketones (excluding diaryl/α,β-unsaturated/α-hetero) is 2. The van der Waals surface area contributed by atoms with Gasteiger partial charge in [-0.1, -0.05) is 115 Å². The molecule has 1 unspecified atom stereocenters. The zero-order valence-electron chi connectivity index (χ0n) is 21.4. The summed E-state index contributed by atoms with van der Waals surface area (Å²) >= 11 is 0. The van der Waals surface area contributed by atoms with Crippen molar-refractivity contribution >= 4 is 22.3 Å². The van der Waals surface area contributed by atoms with Crippen LogP contribution in [0.1, 0.15) is 36.5 Å². The van der Waals surface area contributed by atoms with Gasteiger partial charge in [-0.2, -0.15) is 0 Å². The molecule has 182 valence electrons. The molecule has 0 aromatic heterocycles. The average Bonchev–Trinajstić information content (AvgIpc) is 2.91. The lowest BCUT2D eigenvalue weighted by Gasteiger charge is -2.29. The fourth-order valence-electron chi connectivity index (χ4n) is 5.52. The Bertz CT molecular complexity index is 1550. The molecule has 5 aromatic carbocycles. The van der Waals surface area contributed by atoms with E-state index in [2.05, 4.69) is 84.9 Å². The fraction of sp³-hybridized carbons (Fsp3) is 0.143. The van der Waals surface area contributed by atoms with Crippen LogP contribution in [0.25, 0.3) is 33.0 Å². The molecule has 0 aliphatic carbocycles. The number of benzene rings is 5. The van der Waals surface area contributed by atoms with E-state index in [-0.39, 0.29) is 11.6 Å². The lowest BCUT2D eigenvalue weighted by Crippen LogP contribution is -2.28. The van der Waals surface area contributed by atoms with E-state index in [0.29, 0.717) is 0 Å². The first-order valence-electron chi connectivity index (χ1n) is 12.7. The van der Waals surface area contributed by atoms with Gasteiger partial charge < -0.3 is 0 Å². The molecule has 2 heteroatoms. The van der Waals surface area contributed by atoms with E-state index in [4.69, 9.17) is 0 Å². The highest BCUT2D eigenvalue weighted by Gasteiger charge is 2.35. The maximum absolute atomic E-state index is 13.1. The molecule has 0 fully saturated rings. The Balaban J connectivity index is 1.96. The first-order valence-corrected chi connectivity index (χ1v) is 12.7. The molecule has 0 saturated heterocycles. The third-order valence-corrected chi connectivity index (χ3v) is 7.19. The summed E-state index contributed by atoms with van der Waals surface area (Å²) in [6.45, 7) is 5.12. The number of carbonyl (C=O) groups is 2. The smallest absolute Gasteiger partial charge is 0.141 e. The van der Waals surface area contributed by atoms with Crippen LogP contribution in [-0.4, -0.2) is 11.6 Å². The second-order valence-electron chi connectivity index (χ2n) is 9.76. The second-order valence-corrected chi connectivity index (χ2v) is 9.76. The minimum absolute atomic E-state index is 0.119. The molecule has 5 aromatic rings. The Morgan fingerprint density at radius 1 is 0.595 bits per heavy atom. The van der Waals surface area contributed by atoms with Crippen molar-refractivity contribution in [3.63, 3.8) is 0 Å². The minimum Gasteiger partial charge on any atom is -0.299 e. The molecule has 0 heterocycles. The normalized spacial score (nSPS) is 12.0. The van der Waals surface area contributed by atoms with Crippen LogP contribution in [0.15, 0.2) is 115 Å². The summed E-state index contributed by atoms with van der Waals surface area (Å²) in [5.74, 6) is -1.44. The van der Waals surface area contributed by atoms with Crippen molar-refractivity contribution in [2.24, 2.45) is 5.92 Å². The van der Waals surface area contributed by atoms with Gasteiger partial charge in [0.05, 0.1) is 5.92 Å². The SMILES string of the molecule is CC(=O)C(C(C)=O)C(c1ccc(C)cc1)c1cc2ccccc2c(-c2ccccc2)c1-c1ccccc1. The van der Waals surface area contributed by atoms with E-state index in [1.54, 1.807) is 0 Å². The predicted octanol–water partition coefficient (Wildman–Crippen LogP) is 8.41. The van der Waals surface area contributed by atoms with Gasteiger partial charge in [-0.25, -0.2) is 0 Å². The third kappa shape index (κ3) is 4.75. The molecule has 0 spiro atoms. The van der Waals surface area contributed by atoms with E-state index in [0.717, 1.165) is 49.7 Å². The topological polar surface area (TPSA) is 34.1 Å². The standard InChI is InChI=1S/C35H30O2/c1-23-18-20-28(21-19-23)34(32(24(2)36)25(3)37)31-22-29-16-10-11-17-30(29)33(26-12-6-4-7-13-26)35(31)27-14-8-5-9-15-27/h4-22,32,34H,1-3H3. The summed E-state index contributed by atoms with van der Waals surface area (Å²) in [6, 6.07) is 39.5. The molecule has 0 aliphatic heterocycles. The van der Waals surface area contributed by atoms with Crippen molar-refractivity contribution < 1.29 is 9.59 Å². The zero-order valence-corrected chi connectivity index (χ0v) is 21.4. The molecule has 1 atom stereocenters. The lowest BCUT2D eigenvalue weighted by molar-refractivity contribution is -0.130. The van der Waals surface area contributed by atoms with Gasteiger partial charge in [0.2, 0.25) is 0 Å². The largest absolute Gasteiger partial charge is 0.299 e. The highest BCUT2D eigenvalue weighted by molar-refractivity contribution is 6.07. The van der Waals surface area contributed by atoms with Crippen molar-refractivity contribution in [3.8, 4) is 22.3 Å². The molecule has 0 amide bonds. The summed E-state index contributed by atoms with van der Waals surface area (Å²) in [5.41, 5.74) is 7.42. The summed E-state index contributed by atoms with van der Waals surface area (Å²) < 4.78 is 0. The van der Waals surface area contributed by atoms with Crippen molar-refractivity contribution in [2.75, 3.05) is 0 Å². The Morgan fingerprint density at radius 3 is 1.68 bits per heavy atom. The molecule has 5 rings (SSSR count). The summed E-state index contributed by atoms with van der Waals surface area (Å²) in [5, 5.41) is 2.22. The van der Waals surface area contributed by atoms with Crippen LogP contribution < -0.4 is 0 Å². The molecule has 0 aliphatic rings. The Morgan fingerprint density at radius 2 is 1.11 bits per heavy atom. The number of hydrogen-bond donors (Lipinski definition) is 0. The van der Waals surface area contributed by atoms with Gasteiger partial charge in [-0.3, -0.25) is 9.59 Å². The van der Waals surface area contributed by atoms with Crippen molar-refractivity contribution in [3.05, 3.63) is 132 Å². The fourth-order valence-corrected chi connectivity index (χ4v) is 5.52. The van der Waals surface area contributed by atoms with Crippen LogP contribution in [-0.2, 0) is 9.59 Å². The molecule has 2 nitrogen and oxygen atoms in total. The second kappa shape index (κ2) is 10.4. The van der Waals surface area contributed by atoms with Gasteiger partial charge in [0, 0.05) is 5.92 Å². The molecule has 37 heavy (non-hydrogen) atoms. The maximum Gasteiger partial charge on any atom is 0.141 e. The molecular formula is C35H30O2. The van der Waals surface area contributed by atoms with Gasteiger partial charge in [-0.15, -0.1) is 0 Å². The van der Waals surface area contributed by atoms with Crippen LogP contribution in [0, 0.1) is 12.8 Å². The summed E-state index contributed by atoms with van der Waals surface area (Å²) in [4.78, 5) is 26.2. The van der Waals surface area contributed by atoms with E-state index < -0.39 is 11.8 Å². The van der Waals surface area contributed by atoms with Crippen LogP contribution in [0.2, 0.25) is 0 Å². The molecule has 0 saturated carbocycles. The van der Waals surface area contributed by atoms with Crippen LogP contribution in [0.5, 0.6) is 0 Å². The zero-order chi connectivity index (χ0) is 25.9. The molecule has 0 radical (unpaired) electrons. The number of rotatable bonds is 7. The van der Waals surface area contributed by atoms with Crippen molar-refractivity contribution in [1.29, 1.82) is 0 Å². The lowest BCUT2D eigenvalue weighted by atomic mass is 9.72. The van der Waals surface area contributed by atoms with E-state index >= 15 is 0 Å². The van der Waals surface area contributed by atoms with E-state index in [1.807, 2.05) is 37.3 Å². The predicted molar refractivity (Wildman–Crippen MR) is 153 cm³/mol. The number of aryl methyl sites for hydroxylation is 1. The first kappa shape index (κ1) is 24.4. The number of carbonyl (C=O) groups excluding carboxylic acids is 2. The molecule has 0 bridgehead atoms. The molecule has 0 N–H and O–H groups in total. The number of fused-ring (bicyclic) bond motifs is 1. The average molecular weight is 483 g/mol. The van der Waals surface area contributed by atoms with Gasteiger partial charge >= 0.3 is 0 Å². The summed E-state index contributed by atoms with van der Waals surface area (Å²) in [6.07, 6.45) is 0. The number of hydrogen-bond acceptors (Lipinski definition) is 2.